The minimum absolute atomic E-state index is 0.112. The number of nitrogens with zero attached hydrogens (tertiary/aromatic N) is 1. The first-order valence-electron chi connectivity index (χ1n) is 9.25. The molecule has 0 aliphatic rings. The maximum absolute atomic E-state index is 12.6. The van der Waals surface area contributed by atoms with Crippen LogP contribution in [0.3, 0.4) is 0 Å². The van der Waals surface area contributed by atoms with Gasteiger partial charge in [0.2, 0.25) is 11.8 Å². The Morgan fingerprint density at radius 3 is 2.45 bits per heavy atom. The number of guanidine groups is 1. The number of carbonyl (C=O) groups is 2. The zero-order chi connectivity index (χ0) is 22.4. The molecule has 0 bridgehead atoms. The first kappa shape index (κ1) is 26.9. The van der Waals surface area contributed by atoms with E-state index in [4.69, 9.17) is 5.41 Å². The standard InChI is InChI=1S/C15H31BN6O6S/c1-10(2)9-12(16(25)26)20-14(24)11(19-13(23)6-8-29-3)5-4-7-18-15(17)21-22(27)28/h10-12,25-26H,4-9H2,1-3H3,(H,19,23)(H,20,24)(H3,17,18,21)/t11-,12-/m0/s1. The van der Waals surface area contributed by atoms with Crippen molar-refractivity contribution in [2.24, 2.45) is 5.92 Å². The van der Waals surface area contributed by atoms with Crippen LogP contribution in [0.25, 0.3) is 0 Å². The molecule has 0 saturated heterocycles. The Morgan fingerprint density at radius 2 is 1.93 bits per heavy atom. The molecule has 2 atom stereocenters. The predicted octanol–water partition coefficient (Wildman–Crippen LogP) is -1.15. The van der Waals surface area contributed by atoms with E-state index in [2.05, 4.69) is 16.0 Å². The molecule has 0 saturated carbocycles. The van der Waals surface area contributed by atoms with Crippen molar-refractivity contribution in [3.05, 3.63) is 10.1 Å². The van der Waals surface area contributed by atoms with Crippen LogP contribution in [0.2, 0.25) is 0 Å². The summed E-state index contributed by atoms with van der Waals surface area (Å²) in [4.78, 5) is 34.9. The molecular weight excluding hydrogens is 403 g/mol. The van der Waals surface area contributed by atoms with Gasteiger partial charge in [0.05, 0.1) is 5.94 Å². The number of nitrogens with one attached hydrogen (secondary N) is 5. The zero-order valence-electron chi connectivity index (χ0n) is 16.9. The summed E-state index contributed by atoms with van der Waals surface area (Å²) >= 11 is 1.49. The molecule has 0 aromatic carbocycles. The largest absolute Gasteiger partial charge is 0.475 e. The van der Waals surface area contributed by atoms with Crippen molar-refractivity contribution >= 4 is 36.7 Å². The SMILES string of the molecule is CSCCC(=O)N[C@@H](CCCNC(=N)N[N+](=O)[O-])C(=O)N[C@@H](CC(C)C)B(O)O. The van der Waals surface area contributed by atoms with E-state index in [0.717, 1.165) is 0 Å². The molecule has 29 heavy (non-hydrogen) atoms. The van der Waals surface area contributed by atoms with Gasteiger partial charge in [0.15, 0.2) is 5.03 Å². The molecular formula is C15H31BN6O6S. The number of nitro groups is 1. The molecule has 0 radical (unpaired) electrons. The highest BCUT2D eigenvalue weighted by Gasteiger charge is 2.29. The van der Waals surface area contributed by atoms with Gasteiger partial charge < -0.3 is 26.0 Å². The van der Waals surface area contributed by atoms with E-state index in [1.807, 2.05) is 20.1 Å². The molecule has 7 N–H and O–H groups in total. The normalized spacial score (nSPS) is 12.6. The molecule has 0 aromatic rings. The van der Waals surface area contributed by atoms with Crippen LogP contribution < -0.4 is 21.4 Å². The van der Waals surface area contributed by atoms with Gasteiger partial charge in [-0.3, -0.25) is 15.0 Å². The fourth-order valence-corrected chi connectivity index (χ4v) is 2.82. The van der Waals surface area contributed by atoms with Gasteiger partial charge in [-0.2, -0.15) is 11.8 Å². The summed E-state index contributed by atoms with van der Waals surface area (Å²) in [6.45, 7) is 3.92. The van der Waals surface area contributed by atoms with Gasteiger partial charge in [0, 0.05) is 18.7 Å². The number of hydrogen-bond donors (Lipinski definition) is 7. The Balaban J connectivity index is 4.84. The lowest BCUT2D eigenvalue weighted by Crippen LogP contribution is -2.54. The molecule has 0 aromatic heterocycles. The van der Waals surface area contributed by atoms with E-state index in [1.165, 1.54) is 11.8 Å². The van der Waals surface area contributed by atoms with Crippen LogP contribution in [-0.4, -0.2) is 70.5 Å². The number of amides is 2. The quantitative estimate of drug-likeness (QED) is 0.0442. The molecule has 12 nitrogen and oxygen atoms in total. The lowest BCUT2D eigenvalue weighted by molar-refractivity contribution is -0.525. The average Bonchev–Trinajstić information content (AvgIpc) is 2.60. The lowest BCUT2D eigenvalue weighted by atomic mass is 9.75. The average molecular weight is 434 g/mol. The van der Waals surface area contributed by atoms with Crippen LogP contribution in [0.15, 0.2) is 0 Å². The topological polar surface area (TPSA) is 190 Å². The van der Waals surface area contributed by atoms with Gasteiger partial charge >= 0.3 is 7.12 Å². The van der Waals surface area contributed by atoms with Gasteiger partial charge in [0.25, 0.3) is 5.96 Å². The second-order valence-electron chi connectivity index (χ2n) is 6.83. The smallest absolute Gasteiger partial charge is 0.426 e. The van der Waals surface area contributed by atoms with E-state index in [0.29, 0.717) is 18.6 Å². The van der Waals surface area contributed by atoms with E-state index < -0.39 is 36.0 Å². The minimum Gasteiger partial charge on any atom is -0.426 e. The Kier molecular flexibility index (Phi) is 13.8. The van der Waals surface area contributed by atoms with Crippen LogP contribution in [0.1, 0.15) is 39.5 Å². The third-order valence-electron chi connectivity index (χ3n) is 3.77. The Morgan fingerprint density at radius 1 is 1.28 bits per heavy atom. The molecule has 0 fully saturated rings. The lowest BCUT2D eigenvalue weighted by Gasteiger charge is -2.24. The second kappa shape index (κ2) is 14.9. The summed E-state index contributed by atoms with van der Waals surface area (Å²) < 4.78 is 0. The Hall–Kier alpha value is -2.06. The third kappa shape index (κ3) is 13.7. The van der Waals surface area contributed by atoms with E-state index in [-0.39, 0.29) is 31.2 Å². The van der Waals surface area contributed by atoms with Crippen molar-refractivity contribution in [2.75, 3.05) is 18.6 Å². The molecule has 0 aliphatic carbocycles. The number of hydrogen-bond acceptors (Lipinski definition) is 8. The second-order valence-corrected chi connectivity index (χ2v) is 7.82. The maximum Gasteiger partial charge on any atom is 0.475 e. The maximum atomic E-state index is 12.6. The van der Waals surface area contributed by atoms with Crippen LogP contribution in [0.5, 0.6) is 0 Å². The number of carbonyl (C=O) groups excluding carboxylic acids is 2. The minimum atomic E-state index is -1.73. The fraction of sp³-hybridized carbons (Fsp3) is 0.800. The van der Waals surface area contributed by atoms with Gasteiger partial charge in [-0.1, -0.05) is 19.3 Å². The summed E-state index contributed by atoms with van der Waals surface area (Å²) in [5.74, 6) is -1.50. The molecule has 0 aliphatic heterocycles. The molecule has 2 amide bonds. The van der Waals surface area contributed by atoms with Crippen LogP contribution in [0, 0.1) is 21.4 Å². The summed E-state index contributed by atoms with van der Waals surface area (Å²) in [7, 11) is -1.73. The van der Waals surface area contributed by atoms with Crippen LogP contribution >= 0.6 is 11.8 Å². The summed E-state index contributed by atoms with van der Waals surface area (Å²) in [6, 6.07) is -0.905. The van der Waals surface area contributed by atoms with E-state index >= 15 is 0 Å². The third-order valence-corrected chi connectivity index (χ3v) is 4.38. The molecule has 0 heterocycles. The first-order chi connectivity index (χ1) is 13.6. The zero-order valence-corrected chi connectivity index (χ0v) is 17.8. The van der Waals surface area contributed by atoms with E-state index in [1.54, 1.807) is 5.43 Å². The van der Waals surface area contributed by atoms with Crippen molar-refractivity contribution in [3.63, 3.8) is 0 Å². The van der Waals surface area contributed by atoms with Crippen LogP contribution in [-0.2, 0) is 9.59 Å². The molecule has 0 unspecified atom stereocenters. The van der Waals surface area contributed by atoms with Crippen LogP contribution in [0.4, 0.5) is 0 Å². The van der Waals surface area contributed by atoms with Crippen molar-refractivity contribution in [1.82, 2.24) is 21.4 Å². The molecule has 14 heteroatoms. The predicted molar refractivity (Wildman–Crippen MR) is 112 cm³/mol. The van der Waals surface area contributed by atoms with Crippen molar-refractivity contribution < 1.29 is 24.7 Å². The van der Waals surface area contributed by atoms with Gasteiger partial charge in [-0.25, -0.2) is 10.1 Å². The first-order valence-corrected chi connectivity index (χ1v) is 10.6. The number of rotatable bonds is 14. The highest BCUT2D eigenvalue weighted by molar-refractivity contribution is 7.98. The molecule has 166 valence electrons. The highest BCUT2D eigenvalue weighted by Crippen LogP contribution is 2.07. The number of hydrazine groups is 1. The highest BCUT2D eigenvalue weighted by atomic mass is 32.2. The summed E-state index contributed by atoms with van der Waals surface area (Å²) in [5.41, 5.74) is 1.65. The summed E-state index contributed by atoms with van der Waals surface area (Å²) in [5, 5.41) is 43.4. The molecule has 0 spiro atoms. The van der Waals surface area contributed by atoms with Crippen molar-refractivity contribution in [1.29, 1.82) is 5.41 Å². The van der Waals surface area contributed by atoms with E-state index in [9.17, 15) is 29.8 Å². The Bertz CT molecular complexity index is 553. The number of thioether (sulfide) groups is 1. The van der Waals surface area contributed by atoms with Crippen molar-refractivity contribution in [3.8, 4) is 0 Å². The van der Waals surface area contributed by atoms with Gasteiger partial charge in [-0.05, 0) is 31.4 Å². The van der Waals surface area contributed by atoms with Crippen molar-refractivity contribution in [2.45, 2.75) is 51.5 Å². The van der Waals surface area contributed by atoms with Gasteiger partial charge in [0.1, 0.15) is 6.04 Å². The Labute approximate surface area is 174 Å². The fourth-order valence-electron chi connectivity index (χ4n) is 2.43. The van der Waals surface area contributed by atoms with Gasteiger partial charge in [-0.15, -0.1) is 0 Å². The monoisotopic (exact) mass is 434 g/mol. The molecule has 0 rings (SSSR count). The summed E-state index contributed by atoms with van der Waals surface area (Å²) in [6.07, 6.45) is 2.97.